The molecular weight excluding hydrogens is 264 g/mol. The highest BCUT2D eigenvalue weighted by molar-refractivity contribution is 6.30. The molecule has 0 aliphatic carbocycles. The average molecular weight is 281 g/mol. The molecule has 2 aromatic rings. The quantitative estimate of drug-likeness (QED) is 0.826. The van der Waals surface area contributed by atoms with E-state index >= 15 is 0 Å². The molecule has 19 heavy (non-hydrogen) atoms. The smallest absolute Gasteiger partial charge is 0.196 e. The maximum atomic E-state index is 5.94. The van der Waals surface area contributed by atoms with Crippen molar-refractivity contribution in [3.05, 3.63) is 35.3 Å². The van der Waals surface area contributed by atoms with Crippen LogP contribution in [0, 0.1) is 0 Å². The van der Waals surface area contributed by atoms with Crippen molar-refractivity contribution >= 4 is 11.6 Å². The van der Waals surface area contributed by atoms with Crippen LogP contribution in [0.15, 0.2) is 28.8 Å². The van der Waals surface area contributed by atoms with E-state index in [0.717, 1.165) is 25.1 Å². The van der Waals surface area contributed by atoms with E-state index in [-0.39, 0.29) is 0 Å². The largest absolute Gasteiger partial charge is 0.496 e. The molecule has 0 fully saturated rings. The van der Waals surface area contributed by atoms with Crippen LogP contribution in [0.3, 0.4) is 0 Å². The van der Waals surface area contributed by atoms with E-state index in [0.29, 0.717) is 22.4 Å². The van der Waals surface area contributed by atoms with Crippen LogP contribution in [0.2, 0.25) is 5.02 Å². The minimum absolute atomic E-state index is 0.632. The van der Waals surface area contributed by atoms with Gasteiger partial charge in [0.25, 0.3) is 0 Å². The standard InChI is InChI=1S/C14H17ClN2O2/c1-3-16-7-6-14-17-9-13(19-14)11-5-4-10(15)8-12(11)18-2/h4-5,8-9,16H,3,6-7H2,1-2H3. The average Bonchev–Trinajstić information content (AvgIpc) is 2.87. The highest BCUT2D eigenvalue weighted by Crippen LogP contribution is 2.32. The number of rotatable bonds is 6. The summed E-state index contributed by atoms with van der Waals surface area (Å²) in [6.45, 7) is 3.87. The van der Waals surface area contributed by atoms with E-state index in [1.165, 1.54) is 0 Å². The maximum Gasteiger partial charge on any atom is 0.196 e. The third-order valence-corrected chi connectivity index (χ3v) is 2.98. The second-order valence-electron chi connectivity index (χ2n) is 4.07. The normalized spacial score (nSPS) is 10.7. The van der Waals surface area contributed by atoms with Gasteiger partial charge in [0.1, 0.15) is 5.75 Å². The molecule has 0 unspecified atom stereocenters. The fraction of sp³-hybridized carbons (Fsp3) is 0.357. The minimum Gasteiger partial charge on any atom is -0.496 e. The zero-order chi connectivity index (χ0) is 13.7. The first-order chi connectivity index (χ1) is 9.24. The van der Waals surface area contributed by atoms with Gasteiger partial charge in [0.15, 0.2) is 11.7 Å². The first-order valence-electron chi connectivity index (χ1n) is 6.24. The van der Waals surface area contributed by atoms with Crippen molar-refractivity contribution in [1.29, 1.82) is 0 Å². The number of benzene rings is 1. The minimum atomic E-state index is 0.632. The molecule has 0 saturated heterocycles. The van der Waals surface area contributed by atoms with Gasteiger partial charge in [0.2, 0.25) is 0 Å². The predicted octanol–water partition coefficient (Wildman–Crippen LogP) is 3.16. The van der Waals surface area contributed by atoms with Gasteiger partial charge < -0.3 is 14.5 Å². The van der Waals surface area contributed by atoms with E-state index in [1.54, 1.807) is 25.4 Å². The lowest BCUT2D eigenvalue weighted by molar-refractivity contribution is 0.413. The van der Waals surface area contributed by atoms with Crippen LogP contribution in [0.4, 0.5) is 0 Å². The number of nitrogens with zero attached hydrogens (tertiary/aromatic N) is 1. The number of aromatic nitrogens is 1. The molecule has 0 bridgehead atoms. The first-order valence-corrected chi connectivity index (χ1v) is 6.61. The number of oxazole rings is 1. The second kappa shape index (κ2) is 6.59. The molecule has 5 heteroatoms. The third kappa shape index (κ3) is 3.49. The zero-order valence-electron chi connectivity index (χ0n) is 11.1. The van der Waals surface area contributed by atoms with Gasteiger partial charge in [0, 0.05) is 18.0 Å². The topological polar surface area (TPSA) is 47.3 Å². The molecule has 0 aliphatic rings. The monoisotopic (exact) mass is 280 g/mol. The summed E-state index contributed by atoms with van der Waals surface area (Å²) in [4.78, 5) is 4.27. The van der Waals surface area contributed by atoms with Gasteiger partial charge in [-0.3, -0.25) is 0 Å². The summed E-state index contributed by atoms with van der Waals surface area (Å²) in [5, 5.41) is 3.87. The number of hydrogen-bond donors (Lipinski definition) is 1. The summed E-state index contributed by atoms with van der Waals surface area (Å²) in [6, 6.07) is 5.44. The van der Waals surface area contributed by atoms with Crippen molar-refractivity contribution in [3.63, 3.8) is 0 Å². The SMILES string of the molecule is CCNCCc1ncc(-c2ccc(Cl)cc2OC)o1. The van der Waals surface area contributed by atoms with Crippen LogP contribution in [0.1, 0.15) is 12.8 Å². The summed E-state index contributed by atoms with van der Waals surface area (Å²) in [6.07, 6.45) is 2.48. The third-order valence-electron chi connectivity index (χ3n) is 2.75. The van der Waals surface area contributed by atoms with Crippen LogP contribution in [0.25, 0.3) is 11.3 Å². The molecule has 1 aromatic carbocycles. The number of hydrogen-bond acceptors (Lipinski definition) is 4. The molecule has 4 nitrogen and oxygen atoms in total. The molecule has 102 valence electrons. The Labute approximate surface area is 117 Å². The van der Waals surface area contributed by atoms with Gasteiger partial charge in [-0.15, -0.1) is 0 Å². The van der Waals surface area contributed by atoms with E-state index in [4.69, 9.17) is 20.8 Å². The lowest BCUT2D eigenvalue weighted by atomic mass is 10.1. The Balaban J connectivity index is 2.18. The van der Waals surface area contributed by atoms with Crippen molar-refractivity contribution < 1.29 is 9.15 Å². The summed E-state index contributed by atoms with van der Waals surface area (Å²) >= 11 is 5.94. The van der Waals surface area contributed by atoms with E-state index < -0.39 is 0 Å². The van der Waals surface area contributed by atoms with Crippen LogP contribution in [0.5, 0.6) is 5.75 Å². The number of ether oxygens (including phenoxy) is 1. The predicted molar refractivity (Wildman–Crippen MR) is 75.7 cm³/mol. The van der Waals surface area contributed by atoms with Gasteiger partial charge in [0.05, 0.1) is 18.9 Å². The molecule has 1 N–H and O–H groups in total. The van der Waals surface area contributed by atoms with Crippen molar-refractivity contribution in [2.24, 2.45) is 0 Å². The van der Waals surface area contributed by atoms with Crippen molar-refractivity contribution in [3.8, 4) is 17.1 Å². The Bertz CT molecular complexity index is 540. The van der Waals surface area contributed by atoms with Crippen LogP contribution in [-0.2, 0) is 6.42 Å². The molecule has 0 amide bonds. The number of nitrogens with one attached hydrogen (secondary N) is 1. The molecule has 0 radical (unpaired) electrons. The van der Waals surface area contributed by atoms with Crippen LogP contribution >= 0.6 is 11.6 Å². The Kier molecular flexibility index (Phi) is 4.82. The molecule has 0 spiro atoms. The Hall–Kier alpha value is -1.52. The number of likely N-dealkylation sites (N-methyl/N-ethyl adjacent to an activating group) is 1. The lowest BCUT2D eigenvalue weighted by Crippen LogP contribution is -2.16. The van der Waals surface area contributed by atoms with E-state index in [2.05, 4.69) is 17.2 Å². The second-order valence-corrected chi connectivity index (χ2v) is 4.50. The Morgan fingerprint density at radius 3 is 3.00 bits per heavy atom. The summed E-state index contributed by atoms with van der Waals surface area (Å²) < 4.78 is 11.0. The maximum absolute atomic E-state index is 5.94. The van der Waals surface area contributed by atoms with Gasteiger partial charge in [-0.2, -0.15) is 0 Å². The summed E-state index contributed by atoms with van der Waals surface area (Å²) in [5.74, 6) is 2.09. The Morgan fingerprint density at radius 1 is 1.42 bits per heavy atom. The fourth-order valence-electron chi connectivity index (χ4n) is 1.79. The van der Waals surface area contributed by atoms with Crippen LogP contribution in [-0.4, -0.2) is 25.2 Å². The zero-order valence-corrected chi connectivity index (χ0v) is 11.8. The molecular formula is C14H17ClN2O2. The molecule has 1 heterocycles. The molecule has 0 aliphatic heterocycles. The summed E-state index contributed by atoms with van der Waals surface area (Å²) in [7, 11) is 1.61. The van der Waals surface area contributed by atoms with Crippen LogP contribution < -0.4 is 10.1 Å². The fourth-order valence-corrected chi connectivity index (χ4v) is 1.95. The number of methoxy groups -OCH3 is 1. The Morgan fingerprint density at radius 2 is 2.26 bits per heavy atom. The van der Waals surface area contributed by atoms with Gasteiger partial charge in [-0.05, 0) is 24.7 Å². The van der Waals surface area contributed by atoms with Crippen molar-refractivity contribution in [1.82, 2.24) is 10.3 Å². The highest BCUT2D eigenvalue weighted by atomic mass is 35.5. The van der Waals surface area contributed by atoms with Gasteiger partial charge in [-0.1, -0.05) is 18.5 Å². The molecule has 1 aromatic heterocycles. The van der Waals surface area contributed by atoms with Gasteiger partial charge in [-0.25, -0.2) is 4.98 Å². The highest BCUT2D eigenvalue weighted by Gasteiger charge is 2.11. The first kappa shape index (κ1) is 13.9. The lowest BCUT2D eigenvalue weighted by Gasteiger charge is -2.05. The van der Waals surface area contributed by atoms with Crippen molar-refractivity contribution in [2.75, 3.05) is 20.2 Å². The van der Waals surface area contributed by atoms with E-state index in [1.807, 2.05) is 6.07 Å². The molecule has 0 atom stereocenters. The summed E-state index contributed by atoms with van der Waals surface area (Å²) in [5.41, 5.74) is 0.856. The van der Waals surface area contributed by atoms with E-state index in [9.17, 15) is 0 Å². The molecule has 0 saturated carbocycles. The van der Waals surface area contributed by atoms with Crippen molar-refractivity contribution in [2.45, 2.75) is 13.3 Å². The van der Waals surface area contributed by atoms with Gasteiger partial charge >= 0.3 is 0 Å². The molecule has 2 rings (SSSR count). The number of halogens is 1.